The lowest BCUT2D eigenvalue weighted by Gasteiger charge is -2.29. The summed E-state index contributed by atoms with van der Waals surface area (Å²) in [5.41, 5.74) is 5.50. The molecule has 12 heavy (non-hydrogen) atoms. The lowest BCUT2D eigenvalue weighted by atomic mass is 9.90. The fourth-order valence-corrected chi connectivity index (χ4v) is 1.47. The number of carboxylic acid groups (broad SMARTS) is 1. The molecule has 0 saturated heterocycles. The standard InChI is InChI=1S/C7H13FN2O2/c8-5-3-4(9)1-2-6(5)10-7(11)12/h4-6,10H,1-3,9H2,(H,11,12). The summed E-state index contributed by atoms with van der Waals surface area (Å²) in [4.78, 5) is 10.2. The molecule has 0 aromatic rings. The van der Waals surface area contributed by atoms with Crippen LogP contribution in [0.4, 0.5) is 9.18 Å². The van der Waals surface area contributed by atoms with Crippen LogP contribution in [0.5, 0.6) is 0 Å². The maximum atomic E-state index is 13.1. The van der Waals surface area contributed by atoms with Crippen LogP contribution in [0.3, 0.4) is 0 Å². The van der Waals surface area contributed by atoms with Gasteiger partial charge in [0.25, 0.3) is 0 Å². The topological polar surface area (TPSA) is 75.3 Å². The first-order valence-corrected chi connectivity index (χ1v) is 3.98. The molecule has 1 aliphatic carbocycles. The summed E-state index contributed by atoms with van der Waals surface area (Å²) < 4.78 is 13.1. The Kier molecular flexibility index (Phi) is 2.86. The Hall–Kier alpha value is -0.840. The molecule has 4 nitrogen and oxygen atoms in total. The van der Waals surface area contributed by atoms with Crippen molar-refractivity contribution in [1.29, 1.82) is 0 Å². The Labute approximate surface area is 69.9 Å². The molecule has 1 aliphatic rings. The molecule has 5 heteroatoms. The fraction of sp³-hybridized carbons (Fsp3) is 0.857. The molecular weight excluding hydrogens is 163 g/mol. The molecule has 0 aromatic carbocycles. The number of halogens is 1. The van der Waals surface area contributed by atoms with Gasteiger partial charge in [0, 0.05) is 6.04 Å². The van der Waals surface area contributed by atoms with Crippen molar-refractivity contribution in [2.24, 2.45) is 5.73 Å². The van der Waals surface area contributed by atoms with Gasteiger partial charge in [-0.1, -0.05) is 0 Å². The van der Waals surface area contributed by atoms with Crippen LogP contribution >= 0.6 is 0 Å². The predicted octanol–water partition coefficient (Wildman–Crippen LogP) is 0.472. The second kappa shape index (κ2) is 3.71. The van der Waals surface area contributed by atoms with Gasteiger partial charge in [-0.25, -0.2) is 9.18 Å². The van der Waals surface area contributed by atoms with E-state index in [2.05, 4.69) is 5.32 Å². The van der Waals surface area contributed by atoms with E-state index in [1.165, 1.54) is 0 Å². The molecule has 0 aliphatic heterocycles. The van der Waals surface area contributed by atoms with Crippen LogP contribution in [0.1, 0.15) is 19.3 Å². The summed E-state index contributed by atoms with van der Waals surface area (Å²) in [6.07, 6.45) is -0.867. The van der Waals surface area contributed by atoms with Gasteiger partial charge in [0.05, 0.1) is 6.04 Å². The highest BCUT2D eigenvalue weighted by Gasteiger charge is 2.29. The average molecular weight is 176 g/mol. The summed E-state index contributed by atoms with van der Waals surface area (Å²) in [6.45, 7) is 0. The first kappa shape index (κ1) is 9.25. The monoisotopic (exact) mass is 176 g/mol. The Morgan fingerprint density at radius 1 is 1.58 bits per heavy atom. The molecule has 0 spiro atoms. The van der Waals surface area contributed by atoms with Gasteiger partial charge >= 0.3 is 6.09 Å². The third kappa shape index (κ3) is 2.34. The molecule has 0 radical (unpaired) electrons. The van der Waals surface area contributed by atoms with Crippen molar-refractivity contribution in [2.75, 3.05) is 0 Å². The van der Waals surface area contributed by atoms with Crippen molar-refractivity contribution in [1.82, 2.24) is 5.32 Å². The zero-order valence-electron chi connectivity index (χ0n) is 6.66. The first-order chi connectivity index (χ1) is 5.59. The predicted molar refractivity (Wildman–Crippen MR) is 41.7 cm³/mol. The average Bonchev–Trinajstić information content (AvgIpc) is 1.94. The summed E-state index contributed by atoms with van der Waals surface area (Å²) in [6, 6.07) is -0.686. The molecule has 0 aromatic heterocycles. The molecule has 0 heterocycles. The van der Waals surface area contributed by atoms with E-state index in [-0.39, 0.29) is 12.5 Å². The van der Waals surface area contributed by atoms with Gasteiger partial charge in [0.1, 0.15) is 6.17 Å². The minimum absolute atomic E-state index is 0.119. The van der Waals surface area contributed by atoms with Gasteiger partial charge in [-0.3, -0.25) is 0 Å². The van der Waals surface area contributed by atoms with Crippen molar-refractivity contribution in [3.8, 4) is 0 Å². The second-order valence-electron chi connectivity index (χ2n) is 3.15. The van der Waals surface area contributed by atoms with E-state index >= 15 is 0 Å². The van der Waals surface area contributed by atoms with Crippen molar-refractivity contribution >= 4 is 6.09 Å². The zero-order chi connectivity index (χ0) is 9.14. The van der Waals surface area contributed by atoms with E-state index in [1.54, 1.807) is 0 Å². The molecule has 1 rings (SSSR count). The number of amides is 1. The van der Waals surface area contributed by atoms with Crippen LogP contribution in [0, 0.1) is 0 Å². The number of hydrogen-bond donors (Lipinski definition) is 3. The van der Waals surface area contributed by atoms with Crippen molar-refractivity contribution in [3.05, 3.63) is 0 Å². The van der Waals surface area contributed by atoms with Crippen LogP contribution in [0.15, 0.2) is 0 Å². The van der Waals surface area contributed by atoms with E-state index in [4.69, 9.17) is 10.8 Å². The lowest BCUT2D eigenvalue weighted by Crippen LogP contribution is -2.47. The molecular formula is C7H13FN2O2. The SMILES string of the molecule is NC1CCC(NC(=O)O)C(F)C1. The first-order valence-electron chi connectivity index (χ1n) is 3.98. The second-order valence-corrected chi connectivity index (χ2v) is 3.15. The molecule has 70 valence electrons. The number of alkyl halides is 1. The summed E-state index contributed by atoms with van der Waals surface area (Å²) in [7, 11) is 0. The van der Waals surface area contributed by atoms with Crippen LogP contribution in [0.2, 0.25) is 0 Å². The third-order valence-corrected chi connectivity index (χ3v) is 2.12. The van der Waals surface area contributed by atoms with Crippen LogP contribution < -0.4 is 11.1 Å². The summed E-state index contributed by atoms with van der Waals surface area (Å²) in [5.74, 6) is 0. The van der Waals surface area contributed by atoms with E-state index < -0.39 is 18.3 Å². The highest BCUT2D eigenvalue weighted by Crippen LogP contribution is 2.20. The number of hydrogen-bond acceptors (Lipinski definition) is 2. The van der Waals surface area contributed by atoms with E-state index in [0.717, 1.165) is 0 Å². The van der Waals surface area contributed by atoms with Gasteiger partial charge in [0.2, 0.25) is 0 Å². The minimum atomic E-state index is -1.17. The van der Waals surface area contributed by atoms with Crippen LogP contribution in [-0.4, -0.2) is 29.5 Å². The smallest absolute Gasteiger partial charge is 0.404 e. The number of nitrogens with two attached hydrogens (primary N) is 1. The molecule has 0 bridgehead atoms. The van der Waals surface area contributed by atoms with Gasteiger partial charge in [-0.05, 0) is 19.3 Å². The Balaban J connectivity index is 2.39. The van der Waals surface area contributed by atoms with E-state index in [9.17, 15) is 9.18 Å². The van der Waals surface area contributed by atoms with Crippen LogP contribution in [0.25, 0.3) is 0 Å². The normalized spacial score (nSPS) is 36.0. The third-order valence-electron chi connectivity index (χ3n) is 2.12. The number of nitrogens with one attached hydrogen (secondary N) is 1. The van der Waals surface area contributed by atoms with Gasteiger partial charge < -0.3 is 16.2 Å². The van der Waals surface area contributed by atoms with Crippen molar-refractivity contribution < 1.29 is 14.3 Å². The molecule has 4 N–H and O–H groups in total. The van der Waals surface area contributed by atoms with Crippen LogP contribution in [-0.2, 0) is 0 Å². The fourth-order valence-electron chi connectivity index (χ4n) is 1.47. The Morgan fingerprint density at radius 3 is 2.75 bits per heavy atom. The molecule has 1 saturated carbocycles. The molecule has 1 fully saturated rings. The maximum Gasteiger partial charge on any atom is 0.404 e. The highest BCUT2D eigenvalue weighted by molar-refractivity contribution is 5.64. The Morgan fingerprint density at radius 2 is 2.25 bits per heavy atom. The van der Waals surface area contributed by atoms with E-state index in [1.807, 2.05) is 0 Å². The largest absolute Gasteiger partial charge is 0.465 e. The quantitative estimate of drug-likeness (QED) is 0.543. The van der Waals surface area contributed by atoms with Gasteiger partial charge in [-0.2, -0.15) is 0 Å². The lowest BCUT2D eigenvalue weighted by molar-refractivity contribution is 0.150. The minimum Gasteiger partial charge on any atom is -0.465 e. The van der Waals surface area contributed by atoms with Gasteiger partial charge in [-0.15, -0.1) is 0 Å². The highest BCUT2D eigenvalue weighted by atomic mass is 19.1. The number of rotatable bonds is 1. The summed E-state index contributed by atoms with van der Waals surface area (Å²) in [5, 5.41) is 10.5. The Bertz CT molecular complexity index is 177. The molecule has 1 amide bonds. The number of carbonyl (C=O) groups is 1. The molecule has 3 unspecified atom stereocenters. The van der Waals surface area contributed by atoms with Gasteiger partial charge in [0.15, 0.2) is 0 Å². The van der Waals surface area contributed by atoms with Crippen molar-refractivity contribution in [2.45, 2.75) is 37.5 Å². The zero-order valence-corrected chi connectivity index (χ0v) is 6.66. The van der Waals surface area contributed by atoms with E-state index in [0.29, 0.717) is 12.8 Å². The van der Waals surface area contributed by atoms with Crippen molar-refractivity contribution in [3.63, 3.8) is 0 Å². The molecule has 3 atom stereocenters. The maximum absolute atomic E-state index is 13.1. The summed E-state index contributed by atoms with van der Waals surface area (Å²) >= 11 is 0.